The predicted octanol–water partition coefficient (Wildman–Crippen LogP) is 2.95. The van der Waals surface area contributed by atoms with Crippen LogP contribution in [0.5, 0.6) is 0 Å². The third kappa shape index (κ3) is 3.86. The zero-order valence-electron chi connectivity index (χ0n) is 10.7. The molecule has 1 unspecified atom stereocenters. The highest BCUT2D eigenvalue weighted by molar-refractivity contribution is 5.48. The highest BCUT2D eigenvalue weighted by atomic mass is 15.1. The molecule has 0 spiro atoms. The van der Waals surface area contributed by atoms with Crippen molar-refractivity contribution in [3.63, 3.8) is 0 Å². The monoisotopic (exact) mass is 220 g/mol. The van der Waals surface area contributed by atoms with Gasteiger partial charge in [-0.2, -0.15) is 0 Å². The molecule has 1 rings (SSSR count). The lowest BCUT2D eigenvalue weighted by Gasteiger charge is -2.26. The summed E-state index contributed by atoms with van der Waals surface area (Å²) >= 11 is 0. The standard InChI is InChI=1S/C14H24N2/c1-4-7-13(15)11-16(5-2)14-9-6-8-12(3)10-14/h6,8-10,13H,4-5,7,11,15H2,1-3H3. The Hall–Kier alpha value is -1.02. The predicted molar refractivity (Wildman–Crippen MR) is 71.9 cm³/mol. The Morgan fingerprint density at radius 2 is 2.06 bits per heavy atom. The number of hydrogen-bond acceptors (Lipinski definition) is 2. The van der Waals surface area contributed by atoms with Crippen molar-refractivity contribution in [2.45, 2.75) is 39.7 Å². The summed E-state index contributed by atoms with van der Waals surface area (Å²) in [5.74, 6) is 0. The van der Waals surface area contributed by atoms with Crippen molar-refractivity contribution in [2.75, 3.05) is 18.0 Å². The molecule has 2 heteroatoms. The van der Waals surface area contributed by atoms with Crippen molar-refractivity contribution >= 4 is 5.69 Å². The van der Waals surface area contributed by atoms with Gasteiger partial charge in [-0.15, -0.1) is 0 Å². The van der Waals surface area contributed by atoms with Crippen LogP contribution in [0.1, 0.15) is 32.3 Å². The number of hydrogen-bond donors (Lipinski definition) is 1. The van der Waals surface area contributed by atoms with Crippen molar-refractivity contribution in [3.05, 3.63) is 29.8 Å². The van der Waals surface area contributed by atoms with E-state index < -0.39 is 0 Å². The van der Waals surface area contributed by atoms with E-state index in [1.54, 1.807) is 0 Å². The van der Waals surface area contributed by atoms with Gasteiger partial charge < -0.3 is 10.6 Å². The van der Waals surface area contributed by atoms with E-state index in [9.17, 15) is 0 Å². The minimum absolute atomic E-state index is 0.283. The van der Waals surface area contributed by atoms with Crippen LogP contribution >= 0.6 is 0 Å². The van der Waals surface area contributed by atoms with E-state index >= 15 is 0 Å². The van der Waals surface area contributed by atoms with Gasteiger partial charge in [0.05, 0.1) is 0 Å². The van der Waals surface area contributed by atoms with E-state index in [-0.39, 0.29) is 6.04 Å². The maximum Gasteiger partial charge on any atom is 0.0369 e. The summed E-state index contributed by atoms with van der Waals surface area (Å²) < 4.78 is 0. The highest BCUT2D eigenvalue weighted by Gasteiger charge is 2.09. The summed E-state index contributed by atoms with van der Waals surface area (Å²) in [4.78, 5) is 2.35. The smallest absolute Gasteiger partial charge is 0.0369 e. The van der Waals surface area contributed by atoms with Crippen molar-refractivity contribution in [2.24, 2.45) is 5.73 Å². The SMILES string of the molecule is CCCC(N)CN(CC)c1cccc(C)c1. The van der Waals surface area contributed by atoms with Gasteiger partial charge in [0.15, 0.2) is 0 Å². The third-order valence-electron chi connectivity index (χ3n) is 2.86. The second-order valence-corrected chi connectivity index (χ2v) is 4.43. The number of benzene rings is 1. The second kappa shape index (κ2) is 6.54. The van der Waals surface area contributed by atoms with Crippen LogP contribution in [0, 0.1) is 6.92 Å². The van der Waals surface area contributed by atoms with E-state index in [0.717, 1.165) is 25.9 Å². The van der Waals surface area contributed by atoms with Gasteiger partial charge in [-0.05, 0) is 38.0 Å². The van der Waals surface area contributed by atoms with Crippen LogP contribution in [0.3, 0.4) is 0 Å². The van der Waals surface area contributed by atoms with Crippen LogP contribution in [0.15, 0.2) is 24.3 Å². The zero-order chi connectivity index (χ0) is 12.0. The molecule has 0 aromatic heterocycles. The molecule has 1 aromatic rings. The van der Waals surface area contributed by atoms with Crippen LogP contribution in [0.25, 0.3) is 0 Å². The lowest BCUT2D eigenvalue weighted by molar-refractivity contribution is 0.586. The Labute approximate surface area is 99.5 Å². The average Bonchev–Trinajstić information content (AvgIpc) is 2.26. The number of nitrogens with zero attached hydrogens (tertiary/aromatic N) is 1. The van der Waals surface area contributed by atoms with Gasteiger partial charge in [0, 0.05) is 24.8 Å². The first kappa shape index (κ1) is 13.0. The van der Waals surface area contributed by atoms with Crippen molar-refractivity contribution in [3.8, 4) is 0 Å². The molecule has 16 heavy (non-hydrogen) atoms. The maximum atomic E-state index is 6.09. The van der Waals surface area contributed by atoms with Crippen LogP contribution < -0.4 is 10.6 Å². The molecule has 0 aliphatic heterocycles. The van der Waals surface area contributed by atoms with Crippen molar-refractivity contribution in [1.29, 1.82) is 0 Å². The highest BCUT2D eigenvalue weighted by Crippen LogP contribution is 2.16. The largest absolute Gasteiger partial charge is 0.370 e. The Morgan fingerprint density at radius 3 is 2.62 bits per heavy atom. The first-order valence-corrected chi connectivity index (χ1v) is 6.24. The Morgan fingerprint density at radius 1 is 1.31 bits per heavy atom. The zero-order valence-corrected chi connectivity index (χ0v) is 10.7. The second-order valence-electron chi connectivity index (χ2n) is 4.43. The van der Waals surface area contributed by atoms with E-state index in [1.807, 2.05) is 0 Å². The molecule has 0 bridgehead atoms. The Balaban J connectivity index is 2.67. The van der Waals surface area contributed by atoms with Gasteiger partial charge in [-0.1, -0.05) is 25.5 Å². The normalized spacial score (nSPS) is 12.5. The molecular weight excluding hydrogens is 196 g/mol. The Kier molecular flexibility index (Phi) is 5.33. The topological polar surface area (TPSA) is 29.3 Å². The summed E-state index contributed by atoms with van der Waals surface area (Å²) in [5, 5.41) is 0. The number of anilines is 1. The van der Waals surface area contributed by atoms with Gasteiger partial charge in [-0.3, -0.25) is 0 Å². The molecule has 1 aromatic carbocycles. The number of nitrogens with two attached hydrogens (primary N) is 1. The minimum Gasteiger partial charge on any atom is -0.370 e. The molecule has 0 radical (unpaired) electrons. The molecule has 0 fully saturated rings. The molecule has 90 valence electrons. The molecule has 0 aliphatic carbocycles. The fraction of sp³-hybridized carbons (Fsp3) is 0.571. The van der Waals surface area contributed by atoms with E-state index in [0.29, 0.717) is 0 Å². The quantitative estimate of drug-likeness (QED) is 0.798. The summed E-state index contributed by atoms with van der Waals surface area (Å²) in [6, 6.07) is 8.91. The van der Waals surface area contributed by atoms with Crippen LogP contribution in [-0.4, -0.2) is 19.1 Å². The first-order chi connectivity index (χ1) is 7.67. The third-order valence-corrected chi connectivity index (χ3v) is 2.86. The molecular formula is C14H24N2. The summed E-state index contributed by atoms with van der Waals surface area (Å²) in [5.41, 5.74) is 8.69. The van der Waals surface area contributed by atoms with E-state index in [4.69, 9.17) is 5.73 Å². The Bertz CT molecular complexity index is 309. The van der Waals surface area contributed by atoms with E-state index in [2.05, 4.69) is 49.9 Å². The first-order valence-electron chi connectivity index (χ1n) is 6.24. The number of rotatable bonds is 6. The van der Waals surface area contributed by atoms with Gasteiger partial charge in [0.25, 0.3) is 0 Å². The summed E-state index contributed by atoms with van der Waals surface area (Å²) in [6.45, 7) is 8.46. The van der Waals surface area contributed by atoms with Gasteiger partial charge in [-0.25, -0.2) is 0 Å². The van der Waals surface area contributed by atoms with Crippen molar-refractivity contribution < 1.29 is 0 Å². The van der Waals surface area contributed by atoms with Gasteiger partial charge in [0.2, 0.25) is 0 Å². The maximum absolute atomic E-state index is 6.09. The summed E-state index contributed by atoms with van der Waals surface area (Å²) in [6.07, 6.45) is 2.26. The minimum atomic E-state index is 0.283. The number of likely N-dealkylation sites (N-methyl/N-ethyl adjacent to an activating group) is 1. The molecule has 0 heterocycles. The lowest BCUT2D eigenvalue weighted by atomic mass is 10.1. The van der Waals surface area contributed by atoms with E-state index in [1.165, 1.54) is 11.3 Å². The van der Waals surface area contributed by atoms with Gasteiger partial charge in [0.1, 0.15) is 0 Å². The van der Waals surface area contributed by atoms with Gasteiger partial charge >= 0.3 is 0 Å². The molecule has 2 nitrogen and oxygen atoms in total. The lowest BCUT2D eigenvalue weighted by Crippen LogP contribution is -2.37. The molecule has 0 saturated carbocycles. The van der Waals surface area contributed by atoms with Crippen LogP contribution in [0.4, 0.5) is 5.69 Å². The van der Waals surface area contributed by atoms with Crippen LogP contribution in [0.2, 0.25) is 0 Å². The fourth-order valence-corrected chi connectivity index (χ4v) is 1.99. The average molecular weight is 220 g/mol. The van der Waals surface area contributed by atoms with Crippen molar-refractivity contribution in [1.82, 2.24) is 0 Å². The molecule has 0 amide bonds. The molecule has 1 atom stereocenters. The molecule has 0 aliphatic rings. The summed E-state index contributed by atoms with van der Waals surface area (Å²) in [7, 11) is 0. The number of aryl methyl sites for hydroxylation is 1. The molecule has 2 N–H and O–H groups in total. The fourth-order valence-electron chi connectivity index (χ4n) is 1.99. The van der Waals surface area contributed by atoms with Crippen LogP contribution in [-0.2, 0) is 0 Å². The molecule has 0 saturated heterocycles.